The molecule has 0 saturated carbocycles. The summed E-state index contributed by atoms with van der Waals surface area (Å²) < 4.78 is 5.39. The van der Waals surface area contributed by atoms with E-state index in [0.29, 0.717) is 26.1 Å². The topological polar surface area (TPSA) is 73.9 Å². The van der Waals surface area contributed by atoms with E-state index in [9.17, 15) is 9.59 Å². The first-order valence-electron chi connectivity index (χ1n) is 8.92. The number of hydrogen-bond donors (Lipinski definition) is 2. The zero-order valence-electron chi connectivity index (χ0n) is 15.3. The summed E-state index contributed by atoms with van der Waals surface area (Å²) >= 11 is 0. The van der Waals surface area contributed by atoms with E-state index in [1.54, 1.807) is 0 Å². The molecule has 1 aromatic carbocycles. The second-order valence-electron chi connectivity index (χ2n) is 6.31. The van der Waals surface area contributed by atoms with Gasteiger partial charge in [0.25, 0.3) is 0 Å². The fraction of sp³-hybridized carbons (Fsp3) is 0.556. The van der Waals surface area contributed by atoms with Crippen LogP contribution in [0, 0.1) is 0 Å². The number of carbonyl (C=O) groups excluding carboxylic acids is 2. The Morgan fingerprint density at radius 2 is 1.81 bits per heavy atom. The number of nitrogens with zero attached hydrogens (tertiary/aromatic N) is 2. The predicted octanol–water partition coefficient (Wildman–Crippen LogP) is 0.674. The second kappa shape index (κ2) is 12.0. The fourth-order valence-electron chi connectivity index (χ4n) is 3.15. The molecule has 3 rings (SSSR count). The Balaban J connectivity index is 0.00000182. The van der Waals surface area contributed by atoms with Gasteiger partial charge >= 0.3 is 0 Å². The van der Waals surface area contributed by atoms with Crippen LogP contribution in [0.5, 0.6) is 0 Å². The van der Waals surface area contributed by atoms with Crippen LogP contribution in [-0.2, 0) is 14.3 Å². The average Bonchev–Trinajstić information content (AvgIpc) is 2.69. The van der Waals surface area contributed by atoms with Crippen LogP contribution >= 0.6 is 24.8 Å². The van der Waals surface area contributed by atoms with Gasteiger partial charge in [-0.3, -0.25) is 9.59 Å². The minimum Gasteiger partial charge on any atom is -0.368 e. The van der Waals surface area contributed by atoms with Crippen molar-refractivity contribution in [1.29, 1.82) is 0 Å². The number of para-hydroxylation sites is 1. The van der Waals surface area contributed by atoms with Crippen molar-refractivity contribution in [3.63, 3.8) is 0 Å². The van der Waals surface area contributed by atoms with Crippen LogP contribution in [0.25, 0.3) is 0 Å². The van der Waals surface area contributed by atoms with Crippen molar-refractivity contribution < 1.29 is 14.3 Å². The zero-order valence-corrected chi connectivity index (χ0v) is 16.9. The van der Waals surface area contributed by atoms with Crippen LogP contribution in [0.1, 0.15) is 6.42 Å². The predicted molar refractivity (Wildman–Crippen MR) is 110 cm³/mol. The summed E-state index contributed by atoms with van der Waals surface area (Å²) in [5.41, 5.74) is 1.20. The maximum absolute atomic E-state index is 12.3. The normalized spacial score (nSPS) is 19.5. The molecule has 2 fully saturated rings. The zero-order chi connectivity index (χ0) is 17.5. The van der Waals surface area contributed by atoms with Crippen molar-refractivity contribution in [1.82, 2.24) is 15.5 Å². The van der Waals surface area contributed by atoms with E-state index < -0.39 is 6.10 Å². The molecule has 27 heavy (non-hydrogen) atoms. The molecule has 2 saturated heterocycles. The highest BCUT2D eigenvalue weighted by Gasteiger charge is 2.23. The maximum Gasteiger partial charge on any atom is 0.250 e. The van der Waals surface area contributed by atoms with E-state index in [4.69, 9.17) is 4.74 Å². The quantitative estimate of drug-likeness (QED) is 0.734. The lowest BCUT2D eigenvalue weighted by Crippen LogP contribution is -2.50. The molecular weight excluding hydrogens is 391 g/mol. The SMILES string of the molecule is Cl.Cl.O=C(NCCC(=O)N1CCN(c2ccccc2)CC1)C1CNCCO1. The monoisotopic (exact) mass is 418 g/mol. The molecule has 2 amide bonds. The number of halogens is 2. The Hall–Kier alpha value is -1.54. The van der Waals surface area contributed by atoms with E-state index in [1.165, 1.54) is 5.69 Å². The second-order valence-corrected chi connectivity index (χ2v) is 6.31. The smallest absolute Gasteiger partial charge is 0.250 e. The highest BCUT2D eigenvalue weighted by molar-refractivity contribution is 5.85. The lowest BCUT2D eigenvalue weighted by atomic mass is 10.2. The molecule has 9 heteroatoms. The number of nitrogens with one attached hydrogen (secondary N) is 2. The van der Waals surface area contributed by atoms with Gasteiger partial charge in [-0.25, -0.2) is 0 Å². The van der Waals surface area contributed by atoms with E-state index in [0.717, 1.165) is 32.7 Å². The molecule has 7 nitrogen and oxygen atoms in total. The number of hydrogen-bond acceptors (Lipinski definition) is 5. The number of rotatable bonds is 5. The number of anilines is 1. The molecule has 0 radical (unpaired) electrons. The molecule has 2 aliphatic heterocycles. The van der Waals surface area contributed by atoms with Gasteiger partial charge in [-0.05, 0) is 12.1 Å². The van der Waals surface area contributed by atoms with Crippen molar-refractivity contribution >= 4 is 42.3 Å². The number of morpholine rings is 1. The Morgan fingerprint density at radius 1 is 1.11 bits per heavy atom. The van der Waals surface area contributed by atoms with Crippen LogP contribution in [0.2, 0.25) is 0 Å². The molecule has 1 aromatic rings. The molecule has 2 N–H and O–H groups in total. The van der Waals surface area contributed by atoms with Gasteiger partial charge in [0.2, 0.25) is 11.8 Å². The Bertz CT molecular complexity index is 577. The van der Waals surface area contributed by atoms with E-state index in [2.05, 4.69) is 27.7 Å². The first-order chi connectivity index (χ1) is 12.2. The summed E-state index contributed by atoms with van der Waals surface area (Å²) in [6, 6.07) is 10.2. The molecule has 0 aromatic heterocycles. The molecule has 0 bridgehead atoms. The van der Waals surface area contributed by atoms with Gasteiger partial charge < -0.3 is 25.2 Å². The van der Waals surface area contributed by atoms with Crippen LogP contribution < -0.4 is 15.5 Å². The highest BCUT2D eigenvalue weighted by atomic mass is 35.5. The number of ether oxygens (including phenoxy) is 1. The van der Waals surface area contributed by atoms with Gasteiger partial charge in [-0.1, -0.05) is 18.2 Å². The number of piperazine rings is 1. The summed E-state index contributed by atoms with van der Waals surface area (Å²) in [5, 5.41) is 5.91. The van der Waals surface area contributed by atoms with Crippen LogP contribution in [0.4, 0.5) is 5.69 Å². The van der Waals surface area contributed by atoms with Crippen molar-refractivity contribution in [3.8, 4) is 0 Å². The first kappa shape index (κ1) is 23.5. The Morgan fingerprint density at radius 3 is 2.44 bits per heavy atom. The van der Waals surface area contributed by atoms with Gasteiger partial charge in [0.05, 0.1) is 6.61 Å². The van der Waals surface area contributed by atoms with Crippen molar-refractivity contribution in [2.45, 2.75) is 12.5 Å². The van der Waals surface area contributed by atoms with Gasteiger partial charge in [-0.15, -0.1) is 24.8 Å². The largest absolute Gasteiger partial charge is 0.368 e. The van der Waals surface area contributed by atoms with Gasteiger partial charge in [0.1, 0.15) is 6.10 Å². The number of benzene rings is 1. The molecule has 0 spiro atoms. The summed E-state index contributed by atoms with van der Waals surface area (Å²) in [7, 11) is 0. The minimum atomic E-state index is -0.446. The summed E-state index contributed by atoms with van der Waals surface area (Å²) in [6.07, 6.45) is -0.115. The maximum atomic E-state index is 12.3. The van der Waals surface area contributed by atoms with Crippen LogP contribution in [0.3, 0.4) is 0 Å². The van der Waals surface area contributed by atoms with E-state index in [1.807, 2.05) is 23.1 Å². The number of carbonyl (C=O) groups is 2. The third kappa shape index (κ3) is 6.84. The molecule has 152 valence electrons. The molecular formula is C18H28Cl2N4O3. The third-order valence-electron chi connectivity index (χ3n) is 4.61. The van der Waals surface area contributed by atoms with E-state index in [-0.39, 0.29) is 36.6 Å². The van der Waals surface area contributed by atoms with Crippen LogP contribution in [-0.4, -0.2) is 75.2 Å². The molecule has 1 atom stereocenters. The molecule has 2 heterocycles. The molecule has 1 unspecified atom stereocenters. The summed E-state index contributed by atoms with van der Waals surface area (Å²) in [6.45, 7) is 5.32. The van der Waals surface area contributed by atoms with E-state index >= 15 is 0 Å². The third-order valence-corrected chi connectivity index (χ3v) is 4.61. The lowest BCUT2D eigenvalue weighted by molar-refractivity contribution is -0.134. The Labute approximate surface area is 172 Å². The molecule has 0 aliphatic carbocycles. The van der Waals surface area contributed by atoms with Gasteiger partial charge in [0.15, 0.2) is 0 Å². The first-order valence-corrected chi connectivity index (χ1v) is 8.92. The highest BCUT2D eigenvalue weighted by Crippen LogP contribution is 2.15. The molecule has 2 aliphatic rings. The fourth-order valence-corrected chi connectivity index (χ4v) is 3.15. The van der Waals surface area contributed by atoms with Gasteiger partial charge in [-0.2, -0.15) is 0 Å². The van der Waals surface area contributed by atoms with Gasteiger partial charge in [0, 0.05) is 57.9 Å². The van der Waals surface area contributed by atoms with Crippen LogP contribution in [0.15, 0.2) is 30.3 Å². The van der Waals surface area contributed by atoms with Crippen molar-refractivity contribution in [2.24, 2.45) is 0 Å². The minimum absolute atomic E-state index is 0. The van der Waals surface area contributed by atoms with Crippen molar-refractivity contribution in [3.05, 3.63) is 30.3 Å². The summed E-state index contributed by atoms with van der Waals surface area (Å²) in [5.74, 6) is -0.0513. The number of amides is 2. The van der Waals surface area contributed by atoms with Crippen molar-refractivity contribution in [2.75, 3.05) is 57.3 Å². The average molecular weight is 419 g/mol. The lowest BCUT2D eigenvalue weighted by Gasteiger charge is -2.36. The Kier molecular flexibility index (Phi) is 10.5. The summed E-state index contributed by atoms with van der Waals surface area (Å²) in [4.78, 5) is 28.4. The standard InChI is InChI=1S/C18H26N4O3.2ClH/c23-17(6-7-20-18(24)16-14-19-8-13-25-16)22-11-9-21(10-12-22)15-4-2-1-3-5-15;;/h1-5,16,19H,6-14H2,(H,20,24);2*1H.